The maximum Gasteiger partial charge on any atom is 0.397 e. The van der Waals surface area contributed by atoms with Gasteiger partial charge in [-0.1, -0.05) is 194 Å². The van der Waals surface area contributed by atoms with Crippen LogP contribution in [0.5, 0.6) is 0 Å². The highest BCUT2D eigenvalue weighted by Gasteiger charge is 2.30. The van der Waals surface area contributed by atoms with E-state index < -0.39 is 28.7 Å². The Morgan fingerprint density at radius 2 is 0.714 bits per heavy atom. The molecule has 0 saturated carbocycles. The highest BCUT2D eigenvalue weighted by Crippen LogP contribution is 2.20. The van der Waals surface area contributed by atoms with E-state index in [1.165, 1.54) is 135 Å². The summed E-state index contributed by atoms with van der Waals surface area (Å²) in [6.07, 6.45) is 31.8. The summed E-state index contributed by atoms with van der Waals surface area (Å²) in [7, 11) is -4.69. The lowest BCUT2D eigenvalue weighted by Gasteiger charge is -2.25. The van der Waals surface area contributed by atoms with Gasteiger partial charge in [-0.3, -0.25) is 4.55 Å². The quantitative estimate of drug-likeness (QED) is 0.0488. The van der Waals surface area contributed by atoms with Gasteiger partial charge in [-0.05, 0) is 12.8 Å². The van der Waals surface area contributed by atoms with Crippen LogP contribution in [0.4, 0.5) is 0 Å². The lowest BCUT2D eigenvalue weighted by molar-refractivity contribution is -0.0562. The molecule has 0 aliphatic carbocycles. The predicted octanol–water partition coefficient (Wildman–Crippen LogP) is 10.6. The third kappa shape index (κ3) is 29.8. The average Bonchev–Trinajstić information content (AvgIpc) is 2.95. The molecule has 0 aromatic heterocycles. The van der Waals surface area contributed by atoms with Crippen molar-refractivity contribution in [3.05, 3.63) is 0 Å². The van der Waals surface area contributed by atoms with Gasteiger partial charge in [-0.2, -0.15) is 8.42 Å². The Bertz CT molecular complexity index is 641. The van der Waals surface area contributed by atoms with Gasteiger partial charge in [0.05, 0.1) is 6.10 Å². The summed E-state index contributed by atoms with van der Waals surface area (Å²) in [5.74, 6) is 0. The molecule has 0 rings (SSSR count). The van der Waals surface area contributed by atoms with Gasteiger partial charge in [-0.15, -0.1) is 0 Å². The first-order valence-electron chi connectivity index (χ1n) is 18.3. The molecule has 254 valence electrons. The summed E-state index contributed by atoms with van der Waals surface area (Å²) < 4.78 is 36.7. The van der Waals surface area contributed by atoms with Crippen LogP contribution >= 0.6 is 0 Å². The molecule has 0 aromatic rings. The molecule has 0 aliphatic heterocycles. The molecule has 0 heterocycles. The fourth-order valence-electron chi connectivity index (χ4n) is 5.94. The molecule has 0 aromatic carbocycles. The van der Waals surface area contributed by atoms with Crippen molar-refractivity contribution in [1.82, 2.24) is 0 Å². The second kappa shape index (κ2) is 30.8. The van der Waals surface area contributed by atoms with Crippen LogP contribution in [0, 0.1) is 0 Å². The predicted molar refractivity (Wildman–Crippen MR) is 178 cm³/mol. The van der Waals surface area contributed by atoms with Gasteiger partial charge in [0.1, 0.15) is 12.2 Å². The number of aliphatic hydroxyl groups excluding tert-OH is 2. The zero-order valence-electron chi connectivity index (χ0n) is 27.9. The van der Waals surface area contributed by atoms with Gasteiger partial charge < -0.3 is 10.2 Å². The lowest BCUT2D eigenvalue weighted by Crippen LogP contribution is -2.40. The van der Waals surface area contributed by atoms with Crippen LogP contribution in [0.1, 0.15) is 206 Å². The maximum atomic E-state index is 11.4. The lowest BCUT2D eigenvalue weighted by atomic mass is 9.97. The Morgan fingerprint density at radius 3 is 1.00 bits per heavy atom. The molecular weight excluding hydrogens is 548 g/mol. The molecule has 0 bridgehead atoms. The van der Waals surface area contributed by atoms with Crippen LogP contribution in [0.2, 0.25) is 0 Å². The number of hydrogen-bond acceptors (Lipinski definition) is 5. The summed E-state index contributed by atoms with van der Waals surface area (Å²) in [4.78, 5) is 0. The van der Waals surface area contributed by atoms with E-state index in [9.17, 15) is 23.2 Å². The van der Waals surface area contributed by atoms with Gasteiger partial charge in [0.25, 0.3) is 0 Å². The third-order valence-electron chi connectivity index (χ3n) is 8.72. The molecule has 0 spiro atoms. The van der Waals surface area contributed by atoms with E-state index in [-0.39, 0.29) is 0 Å². The molecule has 3 N–H and O–H groups in total. The number of aliphatic hydroxyl groups is 2. The zero-order chi connectivity index (χ0) is 31.2. The van der Waals surface area contributed by atoms with Gasteiger partial charge in [0.2, 0.25) is 0 Å². The van der Waals surface area contributed by atoms with Gasteiger partial charge >= 0.3 is 10.4 Å². The second-order valence-electron chi connectivity index (χ2n) is 12.9. The van der Waals surface area contributed by atoms with Crippen molar-refractivity contribution in [3.63, 3.8) is 0 Å². The smallest absolute Gasteiger partial charge is 0.390 e. The topological polar surface area (TPSA) is 104 Å². The average molecular weight is 621 g/mol. The first kappa shape index (κ1) is 41.8. The summed E-state index contributed by atoms with van der Waals surface area (Å²) in [5.41, 5.74) is 0. The fourth-order valence-corrected chi connectivity index (χ4v) is 6.46. The Morgan fingerprint density at radius 1 is 0.452 bits per heavy atom. The second-order valence-corrected chi connectivity index (χ2v) is 13.9. The Hall–Kier alpha value is -0.210. The minimum Gasteiger partial charge on any atom is -0.390 e. The minimum absolute atomic E-state index is 0.300. The molecule has 0 fully saturated rings. The van der Waals surface area contributed by atoms with Gasteiger partial charge in [0.15, 0.2) is 0 Å². The van der Waals surface area contributed by atoms with Crippen molar-refractivity contribution < 1.29 is 27.4 Å². The van der Waals surface area contributed by atoms with Crippen LogP contribution in [0.25, 0.3) is 0 Å². The number of hydrogen-bond donors (Lipinski definition) is 3. The highest BCUT2D eigenvalue weighted by atomic mass is 32.3. The molecule has 3 atom stereocenters. The summed E-state index contributed by atoms with van der Waals surface area (Å²) in [6.45, 7) is 4.51. The first-order chi connectivity index (χ1) is 20.3. The Labute approximate surface area is 262 Å². The maximum absolute atomic E-state index is 11.4. The van der Waals surface area contributed by atoms with Crippen molar-refractivity contribution in [2.75, 3.05) is 0 Å². The fraction of sp³-hybridized carbons (Fsp3) is 1.00. The normalized spacial score (nSPS) is 14.3. The van der Waals surface area contributed by atoms with Crippen LogP contribution in [-0.4, -0.2) is 41.5 Å². The van der Waals surface area contributed by atoms with Crippen LogP contribution in [0.15, 0.2) is 0 Å². The molecular formula is C35H72O6S. The van der Waals surface area contributed by atoms with Gasteiger partial charge in [0, 0.05) is 0 Å². The third-order valence-corrected chi connectivity index (χ3v) is 9.21. The monoisotopic (exact) mass is 621 g/mol. The summed E-state index contributed by atoms with van der Waals surface area (Å²) >= 11 is 0. The van der Waals surface area contributed by atoms with Crippen molar-refractivity contribution in [2.24, 2.45) is 0 Å². The number of rotatable bonds is 34. The van der Waals surface area contributed by atoms with E-state index in [0.717, 1.165) is 38.5 Å². The first-order valence-corrected chi connectivity index (χ1v) is 19.7. The number of unbranched alkanes of at least 4 members (excludes halogenated alkanes) is 26. The van der Waals surface area contributed by atoms with E-state index in [1.807, 2.05) is 0 Å². The molecule has 6 nitrogen and oxygen atoms in total. The van der Waals surface area contributed by atoms with Crippen molar-refractivity contribution >= 4 is 10.4 Å². The van der Waals surface area contributed by atoms with Crippen molar-refractivity contribution in [2.45, 2.75) is 225 Å². The van der Waals surface area contributed by atoms with E-state index in [2.05, 4.69) is 13.8 Å². The summed E-state index contributed by atoms with van der Waals surface area (Å²) in [5, 5.41) is 21.1. The van der Waals surface area contributed by atoms with E-state index >= 15 is 0 Å². The molecule has 0 amide bonds. The molecule has 0 aliphatic rings. The molecule has 7 heteroatoms. The van der Waals surface area contributed by atoms with Crippen molar-refractivity contribution in [3.8, 4) is 0 Å². The standard InChI is InChI=1S/C35H72O6S/c1-3-5-7-9-11-13-15-17-19-21-23-25-27-29-31-33(36)35(37)34(41-42(38,39)40)32-30-28-26-24-22-20-18-16-14-12-10-8-6-4-2/h33-37H,3-32H2,1-2H3,(H,38,39,40). The van der Waals surface area contributed by atoms with E-state index in [4.69, 9.17) is 4.18 Å². The van der Waals surface area contributed by atoms with Crippen LogP contribution in [-0.2, 0) is 14.6 Å². The SMILES string of the molecule is CCCCCCCCCCCCCCCCC(O)C(O)C(CCCCCCCCCCCCCCCC)OS(=O)(=O)O. The zero-order valence-corrected chi connectivity index (χ0v) is 28.7. The van der Waals surface area contributed by atoms with Crippen LogP contribution in [0.3, 0.4) is 0 Å². The van der Waals surface area contributed by atoms with Crippen molar-refractivity contribution in [1.29, 1.82) is 0 Å². The minimum atomic E-state index is -4.69. The summed E-state index contributed by atoms with van der Waals surface area (Å²) in [6, 6.07) is 0. The van der Waals surface area contributed by atoms with Crippen LogP contribution < -0.4 is 0 Å². The van der Waals surface area contributed by atoms with E-state index in [0.29, 0.717) is 19.3 Å². The Kier molecular flexibility index (Phi) is 30.6. The Balaban J connectivity index is 3.89. The highest BCUT2D eigenvalue weighted by molar-refractivity contribution is 7.80. The molecule has 3 unspecified atom stereocenters. The largest absolute Gasteiger partial charge is 0.397 e. The molecule has 0 radical (unpaired) electrons. The molecule has 42 heavy (non-hydrogen) atoms. The molecule has 0 saturated heterocycles. The van der Waals surface area contributed by atoms with Gasteiger partial charge in [-0.25, -0.2) is 4.18 Å². The van der Waals surface area contributed by atoms with E-state index in [1.54, 1.807) is 0 Å².